The first-order chi connectivity index (χ1) is 19.1. The monoisotopic (exact) mass is 620 g/mol. The van der Waals surface area contributed by atoms with E-state index in [2.05, 4.69) is 53.1 Å². The molecule has 0 aromatic heterocycles. The molecule has 6 atom stereocenters. The molecule has 0 amide bonds. The van der Waals surface area contributed by atoms with E-state index >= 15 is 0 Å². The van der Waals surface area contributed by atoms with E-state index < -0.39 is 16.1 Å². The Morgan fingerprint density at radius 3 is 2.12 bits per heavy atom. The first-order valence-electron chi connectivity index (χ1n) is 17.5. The van der Waals surface area contributed by atoms with Crippen molar-refractivity contribution in [3.63, 3.8) is 0 Å². The van der Waals surface area contributed by atoms with Gasteiger partial charge in [0.1, 0.15) is 5.60 Å². The highest BCUT2D eigenvalue weighted by molar-refractivity contribution is 6.99. The molecular weight excluding hydrogens is 557 g/mol. The summed E-state index contributed by atoms with van der Waals surface area (Å²) in [7, 11) is -1.91. The average Bonchev–Trinajstić information content (AvgIpc) is 3.71. The third-order valence-electron chi connectivity index (χ3n) is 12.0. The smallest absolute Gasteiger partial charge is 0.309 e. The molecule has 236 valence electrons. The molecule has 0 radical (unpaired) electrons. The van der Waals surface area contributed by atoms with Crippen LogP contribution in [0, 0.1) is 35.0 Å². The van der Waals surface area contributed by atoms with Gasteiger partial charge in [-0.05, 0) is 94.8 Å². The van der Waals surface area contributed by atoms with Gasteiger partial charge in [0.25, 0.3) is 0 Å². The summed E-state index contributed by atoms with van der Waals surface area (Å²) in [5.74, 6) is 3.63. The highest BCUT2D eigenvalue weighted by Crippen LogP contribution is 2.59. The minimum absolute atomic E-state index is 0.0440. The van der Waals surface area contributed by atoms with E-state index in [-0.39, 0.29) is 32.3 Å². The van der Waals surface area contributed by atoms with Gasteiger partial charge in [-0.1, -0.05) is 76.4 Å². The Morgan fingerprint density at radius 1 is 0.976 bits per heavy atom. The van der Waals surface area contributed by atoms with Gasteiger partial charge in [-0.25, -0.2) is 0 Å². The van der Waals surface area contributed by atoms with Gasteiger partial charge in [-0.15, -0.1) is 0 Å². The van der Waals surface area contributed by atoms with Gasteiger partial charge in [-0.2, -0.15) is 0 Å². The number of esters is 2. The van der Waals surface area contributed by atoms with E-state index in [0.29, 0.717) is 17.8 Å². The summed E-state index contributed by atoms with van der Waals surface area (Å²) in [6, 6.07) is 1.48. The molecule has 0 aromatic carbocycles. The van der Waals surface area contributed by atoms with E-state index in [9.17, 15) is 9.59 Å². The molecule has 1 saturated heterocycles. The van der Waals surface area contributed by atoms with E-state index in [0.717, 1.165) is 43.6 Å². The van der Waals surface area contributed by atoms with Gasteiger partial charge in [0.05, 0.1) is 18.9 Å². The van der Waals surface area contributed by atoms with Crippen LogP contribution in [0.3, 0.4) is 0 Å². The minimum atomic E-state index is -0.799. The Hall–Kier alpha value is -0.409. The standard InChI is InChI=1S/C14H22O2.C10H14O2.C10H28Si3/c1-14(6-2-3-7-14)16-13(15)12-9-10-4-5-11(12)8-10;11-9-5-10(6-12-9)4-7-1-2-8(10)3-7;1-8-12(4,5)10-13(6,7)9-11(2)3/h10-12H,2-9H2,1H3;7-8H,1-6H2;11H,8-10H2,1-7H3. The quantitative estimate of drug-likeness (QED) is 0.210. The molecule has 4 bridgehead atoms. The van der Waals surface area contributed by atoms with Crippen LogP contribution in [0.2, 0.25) is 56.7 Å². The molecule has 4 nitrogen and oxygen atoms in total. The van der Waals surface area contributed by atoms with Gasteiger partial charge < -0.3 is 9.47 Å². The average molecular weight is 621 g/mol. The number of carbonyl (C=O) groups is 2. The summed E-state index contributed by atoms with van der Waals surface area (Å²) < 4.78 is 10.9. The first kappa shape index (κ1) is 33.5. The molecule has 6 fully saturated rings. The number of cyclic esters (lactones) is 1. The van der Waals surface area contributed by atoms with E-state index in [1.807, 2.05) is 0 Å². The summed E-state index contributed by atoms with van der Waals surface area (Å²) in [5, 5.41) is 0. The lowest BCUT2D eigenvalue weighted by Gasteiger charge is -2.32. The zero-order valence-electron chi connectivity index (χ0n) is 28.1. The maximum atomic E-state index is 12.2. The molecule has 6 aliphatic rings. The number of fused-ring (bicyclic) bond motifs is 5. The lowest BCUT2D eigenvalue weighted by Crippen LogP contribution is -2.41. The molecular formula is C34H64O4Si3. The summed E-state index contributed by atoms with van der Waals surface area (Å²) in [5.41, 5.74) is 3.49. The van der Waals surface area contributed by atoms with Gasteiger partial charge in [-0.3, -0.25) is 9.59 Å². The van der Waals surface area contributed by atoms with Gasteiger partial charge >= 0.3 is 11.9 Å². The van der Waals surface area contributed by atoms with Gasteiger partial charge in [0.2, 0.25) is 0 Å². The topological polar surface area (TPSA) is 52.6 Å². The van der Waals surface area contributed by atoms with Crippen LogP contribution in [0.4, 0.5) is 0 Å². The molecule has 0 aromatic rings. The molecule has 5 aliphatic carbocycles. The molecule has 6 rings (SSSR count). The van der Waals surface area contributed by atoms with Crippen LogP contribution in [-0.4, -0.2) is 49.1 Å². The van der Waals surface area contributed by atoms with Crippen molar-refractivity contribution in [2.45, 2.75) is 160 Å². The third kappa shape index (κ3) is 8.83. The molecule has 0 N–H and O–H groups in total. The maximum Gasteiger partial charge on any atom is 0.309 e. The van der Waals surface area contributed by atoms with E-state index in [4.69, 9.17) is 9.47 Å². The highest BCUT2D eigenvalue weighted by atomic mass is 28.4. The van der Waals surface area contributed by atoms with Crippen LogP contribution in [0.5, 0.6) is 0 Å². The summed E-state index contributed by atoms with van der Waals surface area (Å²) >= 11 is 0. The second kappa shape index (κ2) is 13.3. The van der Waals surface area contributed by atoms with Crippen LogP contribution in [0.15, 0.2) is 0 Å². The van der Waals surface area contributed by atoms with Crippen LogP contribution < -0.4 is 0 Å². The van der Waals surface area contributed by atoms with Crippen molar-refractivity contribution >= 4 is 36.9 Å². The largest absolute Gasteiger partial charge is 0.465 e. The maximum absolute atomic E-state index is 12.2. The molecule has 1 spiro atoms. The zero-order valence-corrected chi connectivity index (χ0v) is 31.3. The Bertz CT molecular complexity index is 912. The Balaban J connectivity index is 0.000000144. The predicted octanol–water partition coefficient (Wildman–Crippen LogP) is 9.03. The summed E-state index contributed by atoms with van der Waals surface area (Å²) in [4.78, 5) is 23.2. The van der Waals surface area contributed by atoms with Crippen LogP contribution >= 0.6 is 0 Å². The molecule has 1 heterocycles. The Labute approximate surface area is 256 Å². The van der Waals surface area contributed by atoms with E-state index in [1.165, 1.54) is 63.8 Å². The van der Waals surface area contributed by atoms with Gasteiger partial charge in [0.15, 0.2) is 0 Å². The van der Waals surface area contributed by atoms with Crippen molar-refractivity contribution < 1.29 is 19.1 Å². The number of rotatable bonds is 7. The Morgan fingerprint density at radius 2 is 1.66 bits per heavy atom. The highest BCUT2D eigenvalue weighted by Gasteiger charge is 2.55. The molecule has 41 heavy (non-hydrogen) atoms. The van der Waals surface area contributed by atoms with Crippen LogP contribution in [0.25, 0.3) is 0 Å². The van der Waals surface area contributed by atoms with Crippen molar-refractivity contribution in [1.82, 2.24) is 0 Å². The van der Waals surface area contributed by atoms with Crippen molar-refractivity contribution in [3.05, 3.63) is 0 Å². The summed E-state index contributed by atoms with van der Waals surface area (Å²) in [6.07, 6.45) is 15.7. The lowest BCUT2D eigenvalue weighted by molar-refractivity contribution is -0.164. The fraction of sp³-hybridized carbons (Fsp3) is 0.941. The second-order valence-electron chi connectivity index (χ2n) is 17.6. The number of hydrogen-bond donors (Lipinski definition) is 0. The minimum Gasteiger partial charge on any atom is -0.465 e. The molecule has 1 aliphatic heterocycles. The third-order valence-corrected chi connectivity index (χ3v) is 29.3. The van der Waals surface area contributed by atoms with Crippen LogP contribution in [-0.2, 0) is 19.1 Å². The second-order valence-corrected chi connectivity index (χ2v) is 32.8. The lowest BCUT2D eigenvalue weighted by atomic mass is 9.73. The van der Waals surface area contributed by atoms with Crippen LogP contribution in [0.1, 0.15) is 97.3 Å². The molecule has 6 unspecified atom stereocenters. The number of carbonyl (C=O) groups excluding carboxylic acids is 2. The zero-order chi connectivity index (χ0) is 30.1. The number of ether oxygens (including phenoxy) is 2. The van der Waals surface area contributed by atoms with Crippen molar-refractivity contribution in [2.24, 2.45) is 35.0 Å². The van der Waals surface area contributed by atoms with Crippen molar-refractivity contribution in [1.29, 1.82) is 0 Å². The van der Waals surface area contributed by atoms with Crippen molar-refractivity contribution in [2.75, 3.05) is 6.61 Å². The van der Waals surface area contributed by atoms with Gasteiger partial charge in [0, 0.05) is 30.4 Å². The fourth-order valence-electron chi connectivity index (χ4n) is 10.2. The predicted molar refractivity (Wildman–Crippen MR) is 179 cm³/mol. The first-order valence-corrected chi connectivity index (χ1v) is 27.5. The van der Waals surface area contributed by atoms with E-state index in [1.54, 1.807) is 11.3 Å². The Kier molecular flexibility index (Phi) is 10.9. The number of hydrogen-bond acceptors (Lipinski definition) is 4. The van der Waals surface area contributed by atoms with Crippen molar-refractivity contribution in [3.8, 4) is 0 Å². The fourth-order valence-corrected chi connectivity index (χ4v) is 32.3. The summed E-state index contributed by atoms with van der Waals surface area (Å²) in [6.45, 7) is 20.6. The molecule has 7 heteroatoms. The normalized spacial score (nSPS) is 34.9. The molecule has 5 saturated carbocycles. The SMILES string of the molecule is CC1(OC(=O)C2CC3CCC2C3)CCCC1.CC[Si](C)(C)C[Si](C)(C)C[SiH](C)C.O=C1CC2(CO1)CC1CCC2C1.